The second-order valence-electron chi connectivity index (χ2n) is 8.06. The number of halogens is 3. The van der Waals surface area contributed by atoms with Crippen LogP contribution in [0.25, 0.3) is 0 Å². The molecule has 2 amide bonds. The van der Waals surface area contributed by atoms with E-state index in [0.29, 0.717) is 6.08 Å². The first kappa shape index (κ1) is 26.6. The van der Waals surface area contributed by atoms with E-state index in [9.17, 15) is 28.7 Å². The molecule has 192 valence electrons. The van der Waals surface area contributed by atoms with Crippen LogP contribution in [0, 0.1) is 5.82 Å². The number of carbonyl (C=O) groups excluding carboxylic acids is 3. The van der Waals surface area contributed by atoms with E-state index in [-0.39, 0.29) is 38.1 Å². The maximum Gasteiger partial charge on any atom is 0.328 e. The van der Waals surface area contributed by atoms with E-state index in [1.165, 1.54) is 42.5 Å². The van der Waals surface area contributed by atoms with Crippen molar-refractivity contribution in [2.45, 2.75) is 6.04 Å². The normalized spacial score (nSPS) is 15.3. The van der Waals surface area contributed by atoms with Gasteiger partial charge in [0.2, 0.25) is 5.91 Å². The third-order valence-corrected chi connectivity index (χ3v) is 6.11. The highest BCUT2D eigenvalue weighted by molar-refractivity contribution is 6.31. The van der Waals surface area contributed by atoms with E-state index in [1.54, 1.807) is 18.2 Å². The van der Waals surface area contributed by atoms with Gasteiger partial charge >= 0.3 is 5.97 Å². The number of rotatable bonds is 7. The average molecular weight is 555 g/mol. The maximum absolute atomic E-state index is 14.5. The van der Waals surface area contributed by atoms with E-state index in [4.69, 9.17) is 28.3 Å². The third-order valence-electron chi connectivity index (χ3n) is 5.57. The van der Waals surface area contributed by atoms with E-state index in [2.05, 4.69) is 5.32 Å². The summed E-state index contributed by atoms with van der Waals surface area (Å²) in [6, 6.07) is 14.3. The fourth-order valence-electron chi connectivity index (χ4n) is 3.95. The summed E-state index contributed by atoms with van der Waals surface area (Å²) in [6.07, 6.45) is 1.45. The fourth-order valence-corrected chi connectivity index (χ4v) is 4.25. The molecule has 3 N–H and O–H groups in total. The highest BCUT2D eigenvalue weighted by Crippen LogP contribution is 2.43. The van der Waals surface area contributed by atoms with Crippen molar-refractivity contribution in [1.82, 2.24) is 0 Å². The number of Topliss-reactive ketones (excluding diaryl/α,β-unsaturated/α-hetero) is 1. The third kappa shape index (κ3) is 5.44. The van der Waals surface area contributed by atoms with Crippen molar-refractivity contribution in [3.63, 3.8) is 0 Å². The number of carbonyl (C=O) groups is 4. The number of benzene rings is 3. The summed E-state index contributed by atoms with van der Waals surface area (Å²) < 4.78 is 14.5. The SMILES string of the molecule is O=C(O)/C=C/C(=O)Nc1cccc(C(=O)C2=C(O)C(=O)N(c3cccc(Cl)c3)C2c2ccc(Cl)c(F)c2)c1. The van der Waals surface area contributed by atoms with Crippen LogP contribution in [-0.4, -0.2) is 33.8 Å². The van der Waals surface area contributed by atoms with Gasteiger partial charge in [-0.3, -0.25) is 19.3 Å². The molecule has 0 aliphatic carbocycles. The Morgan fingerprint density at radius 3 is 2.39 bits per heavy atom. The van der Waals surface area contributed by atoms with Crippen LogP contribution < -0.4 is 10.2 Å². The molecule has 8 nitrogen and oxygen atoms in total. The van der Waals surface area contributed by atoms with Crippen LogP contribution in [0.4, 0.5) is 15.8 Å². The predicted molar refractivity (Wildman–Crippen MR) is 139 cm³/mol. The molecule has 3 aromatic carbocycles. The van der Waals surface area contributed by atoms with Gasteiger partial charge in [0.15, 0.2) is 11.5 Å². The molecule has 0 aromatic heterocycles. The number of nitrogens with zero attached hydrogens (tertiary/aromatic N) is 1. The molecule has 1 atom stereocenters. The van der Waals surface area contributed by atoms with Gasteiger partial charge in [0, 0.05) is 34.1 Å². The Morgan fingerprint density at radius 2 is 1.71 bits per heavy atom. The first-order chi connectivity index (χ1) is 18.1. The van der Waals surface area contributed by atoms with Crippen molar-refractivity contribution in [1.29, 1.82) is 0 Å². The Balaban J connectivity index is 1.78. The number of amides is 2. The number of carboxylic acid groups (broad SMARTS) is 1. The number of aliphatic hydroxyl groups excluding tert-OH is 1. The standard InChI is InChI=1S/C27H17Cl2FN2O6/c28-16-4-2-6-18(13-16)32-24(14-7-8-19(29)20(30)12-14)23(26(37)27(32)38)25(36)15-3-1-5-17(11-15)31-21(33)9-10-22(34)35/h1-13,24,37H,(H,31,33)(H,34,35)/b10-9+. The van der Waals surface area contributed by atoms with Crippen molar-refractivity contribution in [3.8, 4) is 0 Å². The zero-order chi connectivity index (χ0) is 27.6. The van der Waals surface area contributed by atoms with E-state index >= 15 is 0 Å². The van der Waals surface area contributed by atoms with Gasteiger partial charge in [-0.1, -0.05) is 47.5 Å². The van der Waals surface area contributed by atoms with Gasteiger partial charge in [-0.2, -0.15) is 0 Å². The number of ketones is 1. The quantitative estimate of drug-likeness (QED) is 0.262. The summed E-state index contributed by atoms with van der Waals surface area (Å²) in [5.41, 5.74) is 0.234. The molecule has 1 aliphatic rings. The lowest BCUT2D eigenvalue weighted by Gasteiger charge is -2.27. The molecular formula is C27H17Cl2FN2O6. The van der Waals surface area contributed by atoms with E-state index < -0.39 is 41.2 Å². The van der Waals surface area contributed by atoms with Gasteiger partial charge in [-0.25, -0.2) is 9.18 Å². The Kier molecular flexibility index (Phi) is 7.61. The lowest BCUT2D eigenvalue weighted by Crippen LogP contribution is -2.31. The van der Waals surface area contributed by atoms with Gasteiger partial charge in [0.05, 0.1) is 16.6 Å². The smallest absolute Gasteiger partial charge is 0.328 e. The molecule has 1 aliphatic heterocycles. The van der Waals surface area contributed by atoms with Crippen LogP contribution in [0.2, 0.25) is 10.0 Å². The predicted octanol–water partition coefficient (Wildman–Crippen LogP) is 5.49. The molecule has 4 rings (SSSR count). The van der Waals surface area contributed by atoms with Gasteiger partial charge in [-0.05, 0) is 48.0 Å². The minimum Gasteiger partial charge on any atom is -0.503 e. The second-order valence-corrected chi connectivity index (χ2v) is 8.91. The molecule has 0 bridgehead atoms. The van der Waals surface area contributed by atoms with Crippen LogP contribution >= 0.6 is 23.2 Å². The molecule has 0 spiro atoms. The van der Waals surface area contributed by atoms with Crippen molar-refractivity contribution in [2.24, 2.45) is 0 Å². The van der Waals surface area contributed by atoms with Crippen LogP contribution in [0.15, 0.2) is 90.2 Å². The molecular weight excluding hydrogens is 538 g/mol. The molecule has 3 aromatic rings. The molecule has 0 saturated carbocycles. The number of aliphatic carboxylic acids is 1. The Hall–Kier alpha value is -4.47. The summed E-state index contributed by atoms with van der Waals surface area (Å²) in [5.74, 6) is -5.37. The lowest BCUT2D eigenvalue weighted by atomic mass is 9.92. The number of carboxylic acids is 1. The van der Waals surface area contributed by atoms with Crippen molar-refractivity contribution >= 4 is 58.1 Å². The first-order valence-corrected chi connectivity index (χ1v) is 11.7. The summed E-state index contributed by atoms with van der Waals surface area (Å²) in [7, 11) is 0. The number of hydrogen-bond acceptors (Lipinski definition) is 5. The summed E-state index contributed by atoms with van der Waals surface area (Å²) in [4.78, 5) is 50.6. The van der Waals surface area contributed by atoms with Gasteiger partial charge < -0.3 is 15.5 Å². The molecule has 11 heteroatoms. The lowest BCUT2D eigenvalue weighted by molar-refractivity contribution is -0.131. The van der Waals surface area contributed by atoms with Crippen LogP contribution in [0.5, 0.6) is 0 Å². The Bertz CT molecular complexity index is 1550. The molecule has 0 saturated heterocycles. The van der Waals surface area contributed by atoms with E-state index in [1.807, 2.05) is 0 Å². The van der Waals surface area contributed by atoms with Crippen LogP contribution in [0.3, 0.4) is 0 Å². The Labute approximate surface area is 225 Å². The maximum atomic E-state index is 14.5. The zero-order valence-electron chi connectivity index (χ0n) is 19.2. The number of nitrogens with one attached hydrogen (secondary N) is 1. The first-order valence-electron chi connectivity index (χ1n) is 10.9. The second kappa shape index (κ2) is 10.9. The molecule has 1 heterocycles. The number of anilines is 2. The summed E-state index contributed by atoms with van der Waals surface area (Å²) >= 11 is 11.9. The van der Waals surface area contributed by atoms with Crippen molar-refractivity contribution < 1.29 is 33.8 Å². The van der Waals surface area contributed by atoms with Gasteiger partial charge in [0.1, 0.15) is 5.82 Å². The van der Waals surface area contributed by atoms with Gasteiger partial charge in [0.25, 0.3) is 5.91 Å². The molecule has 0 fully saturated rings. The molecule has 1 unspecified atom stereocenters. The molecule has 38 heavy (non-hydrogen) atoms. The van der Waals surface area contributed by atoms with Crippen LogP contribution in [-0.2, 0) is 14.4 Å². The minimum atomic E-state index is -1.31. The summed E-state index contributed by atoms with van der Waals surface area (Å²) in [6.45, 7) is 0. The highest BCUT2D eigenvalue weighted by Gasteiger charge is 2.45. The Morgan fingerprint density at radius 1 is 0.974 bits per heavy atom. The highest BCUT2D eigenvalue weighted by atomic mass is 35.5. The summed E-state index contributed by atoms with van der Waals surface area (Å²) in [5, 5.41) is 22.1. The monoisotopic (exact) mass is 554 g/mol. The largest absolute Gasteiger partial charge is 0.503 e. The zero-order valence-corrected chi connectivity index (χ0v) is 20.7. The number of hydrogen-bond donors (Lipinski definition) is 3. The van der Waals surface area contributed by atoms with Crippen molar-refractivity contribution in [2.75, 3.05) is 10.2 Å². The van der Waals surface area contributed by atoms with Gasteiger partial charge in [-0.15, -0.1) is 0 Å². The van der Waals surface area contributed by atoms with E-state index in [0.717, 1.165) is 17.0 Å². The fraction of sp³-hybridized carbons (Fsp3) is 0.0370. The average Bonchev–Trinajstić information content (AvgIpc) is 3.14. The minimum absolute atomic E-state index is 0.00764. The van der Waals surface area contributed by atoms with Crippen LogP contribution in [0.1, 0.15) is 22.0 Å². The molecule has 0 radical (unpaired) electrons. The van der Waals surface area contributed by atoms with Crippen molar-refractivity contribution in [3.05, 3.63) is 117 Å². The topological polar surface area (TPSA) is 124 Å². The number of aliphatic hydroxyl groups is 1.